The van der Waals surface area contributed by atoms with E-state index in [2.05, 4.69) is 10.1 Å². The van der Waals surface area contributed by atoms with Gasteiger partial charge in [-0.25, -0.2) is 9.59 Å². The number of hydrogen-bond acceptors (Lipinski definition) is 6. The highest BCUT2D eigenvalue weighted by Crippen LogP contribution is 2.20. The first-order valence-electron chi connectivity index (χ1n) is 7.53. The Kier molecular flexibility index (Phi) is 6.62. The lowest BCUT2D eigenvalue weighted by atomic mass is 10.0. The minimum Gasteiger partial charge on any atom is -0.463 e. The number of carbonyl (C=O) groups excluding carboxylic acids is 3. The maximum atomic E-state index is 12.1. The zero-order valence-electron chi connectivity index (χ0n) is 13.9. The van der Waals surface area contributed by atoms with E-state index < -0.39 is 24.0 Å². The van der Waals surface area contributed by atoms with Gasteiger partial charge in [-0.15, -0.1) is 0 Å². The second kappa shape index (κ2) is 8.91. The summed E-state index contributed by atoms with van der Waals surface area (Å²) in [5.74, 6) is -0.927. The number of methoxy groups -OCH3 is 1. The second-order valence-corrected chi connectivity index (χ2v) is 5.67. The molecule has 26 heavy (non-hydrogen) atoms. The molecule has 0 bridgehead atoms. The number of hydrogen-bond donors (Lipinski definition) is 2. The van der Waals surface area contributed by atoms with E-state index in [4.69, 9.17) is 26.5 Å². The number of carbonyl (C=O) groups is 3. The Bertz CT molecular complexity index is 787. The molecule has 0 fully saturated rings. The monoisotopic (exact) mass is 380 g/mol. The number of nitrogens with one attached hydrogen (secondary N) is 1. The molecule has 3 N–H and O–H groups in total. The normalized spacial score (nSPS) is 11.5. The third-order valence-corrected chi connectivity index (χ3v) is 3.64. The molecule has 0 saturated heterocycles. The van der Waals surface area contributed by atoms with Gasteiger partial charge in [0.25, 0.3) is 0 Å². The average Bonchev–Trinajstić information content (AvgIpc) is 3.08. The predicted molar refractivity (Wildman–Crippen MR) is 91.4 cm³/mol. The van der Waals surface area contributed by atoms with Crippen LogP contribution in [0.2, 0.25) is 5.02 Å². The summed E-state index contributed by atoms with van der Waals surface area (Å²) >= 11 is 5.83. The molecule has 138 valence electrons. The van der Waals surface area contributed by atoms with Crippen LogP contribution < -0.4 is 11.1 Å². The Labute approximate surface area is 154 Å². The summed E-state index contributed by atoms with van der Waals surface area (Å²) < 4.78 is 14.8. The van der Waals surface area contributed by atoms with Gasteiger partial charge in [-0.05, 0) is 29.8 Å². The van der Waals surface area contributed by atoms with E-state index in [0.717, 1.165) is 0 Å². The Morgan fingerprint density at radius 1 is 1.19 bits per heavy atom. The van der Waals surface area contributed by atoms with Crippen LogP contribution in [0, 0.1) is 0 Å². The van der Waals surface area contributed by atoms with Crippen LogP contribution in [0.1, 0.15) is 34.3 Å². The Balaban J connectivity index is 1.96. The fourth-order valence-corrected chi connectivity index (χ4v) is 2.29. The SMILES string of the molecule is COC(=O)c1ccc(COC(=O)C[C@@H](NC(N)=O)c2ccc(Cl)cc2)o1. The van der Waals surface area contributed by atoms with Crippen molar-refractivity contribution in [2.75, 3.05) is 7.11 Å². The third kappa shape index (κ3) is 5.52. The third-order valence-electron chi connectivity index (χ3n) is 3.38. The first-order valence-corrected chi connectivity index (χ1v) is 7.91. The molecule has 0 aliphatic heterocycles. The smallest absolute Gasteiger partial charge is 0.373 e. The van der Waals surface area contributed by atoms with Crippen molar-refractivity contribution in [3.8, 4) is 0 Å². The zero-order valence-corrected chi connectivity index (χ0v) is 14.6. The van der Waals surface area contributed by atoms with E-state index >= 15 is 0 Å². The molecule has 0 spiro atoms. The molecule has 0 radical (unpaired) electrons. The molecule has 1 aromatic carbocycles. The van der Waals surface area contributed by atoms with Gasteiger partial charge in [0, 0.05) is 5.02 Å². The number of amides is 2. The van der Waals surface area contributed by atoms with Crippen molar-refractivity contribution >= 4 is 29.6 Å². The van der Waals surface area contributed by atoms with Crippen LogP contribution in [-0.2, 0) is 20.9 Å². The fraction of sp³-hybridized carbons (Fsp3) is 0.235. The van der Waals surface area contributed by atoms with E-state index in [1.165, 1.54) is 19.2 Å². The number of esters is 2. The van der Waals surface area contributed by atoms with Gasteiger partial charge in [0.15, 0.2) is 0 Å². The molecule has 1 atom stereocenters. The van der Waals surface area contributed by atoms with E-state index in [0.29, 0.717) is 10.6 Å². The first-order chi connectivity index (χ1) is 12.4. The first kappa shape index (κ1) is 19.3. The lowest BCUT2D eigenvalue weighted by molar-refractivity contribution is -0.146. The van der Waals surface area contributed by atoms with Crippen molar-refractivity contribution in [3.63, 3.8) is 0 Å². The topological polar surface area (TPSA) is 121 Å². The number of rotatable bonds is 7. The van der Waals surface area contributed by atoms with E-state index in [-0.39, 0.29) is 24.5 Å². The highest BCUT2D eigenvalue weighted by atomic mass is 35.5. The largest absolute Gasteiger partial charge is 0.463 e. The van der Waals surface area contributed by atoms with Gasteiger partial charge in [0.05, 0.1) is 19.6 Å². The number of furan rings is 1. The molecule has 2 amide bonds. The number of primary amides is 1. The zero-order chi connectivity index (χ0) is 19.1. The van der Waals surface area contributed by atoms with Crippen molar-refractivity contribution < 1.29 is 28.3 Å². The van der Waals surface area contributed by atoms with E-state index in [9.17, 15) is 14.4 Å². The quantitative estimate of drug-likeness (QED) is 0.712. The lowest BCUT2D eigenvalue weighted by Crippen LogP contribution is -2.34. The minimum atomic E-state index is -0.772. The van der Waals surface area contributed by atoms with E-state index in [1.807, 2.05) is 0 Å². The van der Waals surface area contributed by atoms with E-state index in [1.54, 1.807) is 24.3 Å². The standard InChI is InChI=1S/C17H17ClN2O6/c1-24-16(22)14-7-6-12(26-14)9-25-15(21)8-13(20-17(19)23)10-2-4-11(18)5-3-10/h2-7,13H,8-9H2,1H3,(H3,19,20,23)/t13-/m1/s1. The summed E-state index contributed by atoms with van der Waals surface area (Å²) in [6.07, 6.45) is -0.144. The van der Waals surface area contributed by atoms with Gasteiger partial charge in [-0.2, -0.15) is 0 Å². The van der Waals surface area contributed by atoms with Crippen molar-refractivity contribution in [1.29, 1.82) is 0 Å². The molecular formula is C17H17ClN2O6. The van der Waals surface area contributed by atoms with Crippen LogP contribution in [-0.4, -0.2) is 25.1 Å². The van der Waals surface area contributed by atoms with Crippen molar-refractivity contribution in [3.05, 3.63) is 58.5 Å². The molecule has 0 unspecified atom stereocenters. The lowest BCUT2D eigenvalue weighted by Gasteiger charge is -2.17. The molecule has 2 aromatic rings. The van der Waals surface area contributed by atoms with Crippen molar-refractivity contribution in [2.45, 2.75) is 19.1 Å². The summed E-state index contributed by atoms with van der Waals surface area (Å²) in [7, 11) is 1.23. The molecule has 1 heterocycles. The Hall–Kier alpha value is -3.00. The highest BCUT2D eigenvalue weighted by molar-refractivity contribution is 6.30. The molecule has 2 rings (SSSR count). The van der Waals surface area contributed by atoms with Crippen LogP contribution in [0.5, 0.6) is 0 Å². The molecule has 9 heteroatoms. The fourth-order valence-electron chi connectivity index (χ4n) is 2.16. The summed E-state index contributed by atoms with van der Waals surface area (Å²) in [4.78, 5) is 34.6. The number of benzene rings is 1. The predicted octanol–water partition coefficient (Wildman–Crippen LogP) is 2.56. The van der Waals surface area contributed by atoms with Gasteiger partial charge >= 0.3 is 18.0 Å². The van der Waals surface area contributed by atoms with Crippen LogP contribution in [0.4, 0.5) is 4.79 Å². The van der Waals surface area contributed by atoms with Gasteiger partial charge in [0.2, 0.25) is 5.76 Å². The number of urea groups is 1. The van der Waals surface area contributed by atoms with Gasteiger partial charge in [-0.3, -0.25) is 4.79 Å². The number of halogens is 1. The molecule has 1 aromatic heterocycles. The summed E-state index contributed by atoms with van der Waals surface area (Å²) in [6.45, 7) is -0.167. The van der Waals surface area contributed by atoms with Crippen molar-refractivity contribution in [1.82, 2.24) is 5.32 Å². The van der Waals surface area contributed by atoms with Crippen LogP contribution in [0.15, 0.2) is 40.8 Å². The van der Waals surface area contributed by atoms with Gasteiger partial charge in [-0.1, -0.05) is 23.7 Å². The summed E-state index contributed by atoms with van der Waals surface area (Å²) in [5, 5.41) is 3.00. The Morgan fingerprint density at radius 2 is 1.88 bits per heavy atom. The Morgan fingerprint density at radius 3 is 2.50 bits per heavy atom. The number of nitrogens with two attached hydrogens (primary N) is 1. The molecule has 0 aliphatic carbocycles. The van der Waals surface area contributed by atoms with Crippen LogP contribution >= 0.6 is 11.6 Å². The van der Waals surface area contributed by atoms with Gasteiger partial charge in [0.1, 0.15) is 12.4 Å². The van der Waals surface area contributed by atoms with Crippen molar-refractivity contribution in [2.24, 2.45) is 5.73 Å². The van der Waals surface area contributed by atoms with Crippen LogP contribution in [0.25, 0.3) is 0 Å². The molecule has 8 nitrogen and oxygen atoms in total. The average molecular weight is 381 g/mol. The summed E-state index contributed by atoms with van der Waals surface area (Å²) in [6, 6.07) is 8.09. The second-order valence-electron chi connectivity index (χ2n) is 5.24. The molecule has 0 saturated carbocycles. The minimum absolute atomic E-state index is 0.00739. The van der Waals surface area contributed by atoms with Gasteiger partial charge < -0.3 is 24.9 Å². The maximum absolute atomic E-state index is 12.1. The molecule has 0 aliphatic rings. The summed E-state index contributed by atoms with van der Waals surface area (Å²) in [5.41, 5.74) is 5.81. The molecular weight excluding hydrogens is 364 g/mol. The number of ether oxygens (including phenoxy) is 2. The highest BCUT2D eigenvalue weighted by Gasteiger charge is 2.19. The maximum Gasteiger partial charge on any atom is 0.373 e. The van der Waals surface area contributed by atoms with Crippen LogP contribution in [0.3, 0.4) is 0 Å².